The Morgan fingerprint density at radius 1 is 1.07 bits per heavy atom. The summed E-state index contributed by atoms with van der Waals surface area (Å²) in [5.74, 6) is 0.374. The minimum absolute atomic E-state index is 0.140. The van der Waals surface area contributed by atoms with Crippen LogP contribution < -0.4 is 4.90 Å². The lowest BCUT2D eigenvalue weighted by Gasteiger charge is -2.26. The molecule has 3 heterocycles. The van der Waals surface area contributed by atoms with Crippen LogP contribution in [0.4, 0.5) is 5.69 Å². The molecule has 0 N–H and O–H groups in total. The Morgan fingerprint density at radius 2 is 1.93 bits per heavy atom. The zero-order valence-corrected chi connectivity index (χ0v) is 16.2. The number of hydrogen-bond acceptors (Lipinski definition) is 4. The molecule has 0 unspecified atom stereocenters. The van der Waals surface area contributed by atoms with Gasteiger partial charge in [0.15, 0.2) is 0 Å². The first-order valence-electron chi connectivity index (χ1n) is 9.26. The number of aromatic nitrogens is 1. The Balaban J connectivity index is 1.60. The highest BCUT2D eigenvalue weighted by atomic mass is 32.2. The number of sulfonamides is 1. The van der Waals surface area contributed by atoms with E-state index in [2.05, 4.69) is 11.1 Å². The summed E-state index contributed by atoms with van der Waals surface area (Å²) in [6.45, 7) is 0.942. The van der Waals surface area contributed by atoms with Crippen LogP contribution in [0.5, 0.6) is 0 Å². The average molecular weight is 385 g/mol. The number of rotatable bonds is 3. The molecular formula is C20H23N3O3S. The van der Waals surface area contributed by atoms with Crippen molar-refractivity contribution >= 4 is 21.6 Å². The Labute approximate surface area is 159 Å². The number of aryl methyl sites for hydroxylation is 1. The fourth-order valence-electron chi connectivity index (χ4n) is 3.79. The molecule has 1 saturated heterocycles. The summed E-state index contributed by atoms with van der Waals surface area (Å²) in [4.78, 5) is 17.9. The van der Waals surface area contributed by atoms with Crippen molar-refractivity contribution < 1.29 is 13.2 Å². The van der Waals surface area contributed by atoms with E-state index in [1.807, 2.05) is 18.2 Å². The van der Waals surface area contributed by atoms with Gasteiger partial charge in [-0.15, -0.1) is 0 Å². The topological polar surface area (TPSA) is 70.6 Å². The number of carbonyl (C=O) groups excluding carboxylic acids is 1. The van der Waals surface area contributed by atoms with Crippen LogP contribution in [-0.4, -0.2) is 43.0 Å². The Morgan fingerprint density at radius 3 is 2.74 bits per heavy atom. The number of benzene rings is 1. The molecule has 7 heteroatoms. The van der Waals surface area contributed by atoms with E-state index in [0.717, 1.165) is 47.2 Å². The first kappa shape index (κ1) is 18.1. The van der Waals surface area contributed by atoms with Gasteiger partial charge in [-0.25, -0.2) is 8.42 Å². The summed E-state index contributed by atoms with van der Waals surface area (Å²) in [6.07, 6.45) is 6.45. The number of carbonyl (C=O) groups is 1. The van der Waals surface area contributed by atoms with Gasteiger partial charge in [0.25, 0.3) is 0 Å². The van der Waals surface area contributed by atoms with Gasteiger partial charge >= 0.3 is 0 Å². The molecule has 1 aromatic heterocycles. The van der Waals surface area contributed by atoms with Crippen molar-refractivity contribution in [3.63, 3.8) is 0 Å². The molecule has 2 aromatic rings. The number of anilines is 1. The van der Waals surface area contributed by atoms with E-state index in [0.29, 0.717) is 19.5 Å². The highest BCUT2D eigenvalue weighted by molar-refractivity contribution is 7.89. The number of nitrogens with zero attached hydrogens (tertiary/aromatic N) is 3. The number of amides is 1. The van der Waals surface area contributed by atoms with Crippen molar-refractivity contribution in [2.75, 3.05) is 24.2 Å². The fraction of sp³-hybridized carbons (Fsp3) is 0.400. The van der Waals surface area contributed by atoms with E-state index in [1.165, 1.54) is 0 Å². The Bertz CT molecular complexity index is 988. The van der Waals surface area contributed by atoms with Crippen LogP contribution >= 0.6 is 0 Å². The molecule has 0 aliphatic carbocycles. The zero-order chi connectivity index (χ0) is 19.0. The van der Waals surface area contributed by atoms with Gasteiger partial charge in [0.05, 0.1) is 5.75 Å². The molecule has 2 aliphatic rings. The van der Waals surface area contributed by atoms with E-state index < -0.39 is 10.0 Å². The van der Waals surface area contributed by atoms with E-state index in [1.54, 1.807) is 28.6 Å². The van der Waals surface area contributed by atoms with Crippen LogP contribution in [-0.2, 0) is 27.8 Å². The number of fused-ring (bicyclic) bond motifs is 1. The molecule has 1 aromatic carbocycles. The largest absolute Gasteiger partial charge is 0.315 e. The lowest BCUT2D eigenvalue weighted by molar-refractivity contribution is -0.118. The van der Waals surface area contributed by atoms with Crippen molar-refractivity contribution in [3.8, 4) is 11.1 Å². The lowest BCUT2D eigenvalue weighted by Crippen LogP contribution is -2.37. The van der Waals surface area contributed by atoms with E-state index in [4.69, 9.17) is 0 Å². The van der Waals surface area contributed by atoms with Gasteiger partial charge in [-0.2, -0.15) is 4.31 Å². The van der Waals surface area contributed by atoms with Gasteiger partial charge in [0.2, 0.25) is 15.9 Å². The zero-order valence-electron chi connectivity index (χ0n) is 15.4. The molecule has 1 amide bonds. The third-order valence-electron chi connectivity index (χ3n) is 5.36. The van der Waals surface area contributed by atoms with Crippen molar-refractivity contribution in [1.29, 1.82) is 0 Å². The summed E-state index contributed by atoms with van der Waals surface area (Å²) in [5, 5.41) is 0. The van der Waals surface area contributed by atoms with E-state index >= 15 is 0 Å². The molecule has 0 bridgehead atoms. The molecule has 0 saturated carbocycles. The van der Waals surface area contributed by atoms with Crippen molar-refractivity contribution in [2.24, 2.45) is 0 Å². The molecular weight excluding hydrogens is 362 g/mol. The molecule has 2 aliphatic heterocycles. The van der Waals surface area contributed by atoms with Crippen LogP contribution in [0.25, 0.3) is 11.1 Å². The van der Waals surface area contributed by atoms with Crippen LogP contribution in [0.1, 0.15) is 30.4 Å². The molecule has 0 atom stereocenters. The van der Waals surface area contributed by atoms with Gasteiger partial charge < -0.3 is 4.90 Å². The summed E-state index contributed by atoms with van der Waals surface area (Å²) in [6, 6.07) is 8.09. The highest BCUT2D eigenvalue weighted by Gasteiger charge is 2.26. The van der Waals surface area contributed by atoms with Crippen molar-refractivity contribution in [3.05, 3.63) is 47.8 Å². The third-order valence-corrected chi connectivity index (χ3v) is 7.27. The molecule has 6 nitrogen and oxygen atoms in total. The second kappa shape index (κ2) is 7.05. The van der Waals surface area contributed by atoms with Crippen LogP contribution in [0.15, 0.2) is 36.7 Å². The minimum Gasteiger partial charge on any atom is -0.315 e. The number of hydrogen-bond donors (Lipinski definition) is 0. The quantitative estimate of drug-likeness (QED) is 0.814. The maximum absolute atomic E-state index is 12.2. The second-order valence-corrected chi connectivity index (χ2v) is 9.32. The normalized spacial score (nSPS) is 19.7. The number of pyridine rings is 1. The van der Waals surface area contributed by atoms with E-state index in [-0.39, 0.29) is 11.7 Å². The maximum Gasteiger partial charge on any atom is 0.227 e. The van der Waals surface area contributed by atoms with Gasteiger partial charge in [0, 0.05) is 50.2 Å². The third kappa shape index (κ3) is 3.61. The molecule has 0 spiro atoms. The first-order chi connectivity index (χ1) is 12.9. The van der Waals surface area contributed by atoms with Crippen molar-refractivity contribution in [1.82, 2.24) is 9.29 Å². The fourth-order valence-corrected chi connectivity index (χ4v) is 5.37. The van der Waals surface area contributed by atoms with E-state index in [9.17, 15) is 13.2 Å². The van der Waals surface area contributed by atoms with Crippen LogP contribution in [0.2, 0.25) is 0 Å². The Kier molecular flexibility index (Phi) is 4.74. The van der Waals surface area contributed by atoms with Crippen LogP contribution in [0.3, 0.4) is 0 Å². The molecule has 0 radical (unpaired) electrons. The van der Waals surface area contributed by atoms with Gasteiger partial charge in [0.1, 0.15) is 0 Å². The first-order valence-corrected chi connectivity index (χ1v) is 10.9. The molecule has 4 rings (SSSR count). The van der Waals surface area contributed by atoms with Crippen LogP contribution in [0, 0.1) is 0 Å². The van der Waals surface area contributed by atoms with Crippen molar-refractivity contribution in [2.45, 2.75) is 32.2 Å². The maximum atomic E-state index is 12.2. The second-order valence-electron chi connectivity index (χ2n) is 7.23. The SMILES string of the molecule is CN1C(=O)CCc2cc(-c3cncc(CN4CCCCS4(=O)=O)c3)ccc21. The summed E-state index contributed by atoms with van der Waals surface area (Å²) in [5.41, 5.74) is 5.00. The molecule has 27 heavy (non-hydrogen) atoms. The molecule has 1 fully saturated rings. The minimum atomic E-state index is -3.15. The summed E-state index contributed by atoms with van der Waals surface area (Å²) in [7, 11) is -1.35. The smallest absolute Gasteiger partial charge is 0.227 e. The van der Waals surface area contributed by atoms with Gasteiger partial charge in [-0.1, -0.05) is 6.07 Å². The predicted octanol–water partition coefficient (Wildman–Crippen LogP) is 2.58. The van der Waals surface area contributed by atoms with Gasteiger partial charge in [-0.05, 0) is 54.2 Å². The monoisotopic (exact) mass is 385 g/mol. The standard InChI is InChI=1S/C20H23N3O3S/c1-22-19-6-4-16(11-17(19)5-7-20(22)24)18-10-15(12-21-13-18)14-23-8-2-3-9-27(23,25)26/h4,6,10-13H,2-3,5,7-9,14H2,1H3. The highest BCUT2D eigenvalue weighted by Crippen LogP contribution is 2.31. The predicted molar refractivity (Wildman–Crippen MR) is 105 cm³/mol. The summed E-state index contributed by atoms with van der Waals surface area (Å²) < 4.78 is 26.0. The molecule has 142 valence electrons. The summed E-state index contributed by atoms with van der Waals surface area (Å²) >= 11 is 0. The Hall–Kier alpha value is -2.25. The van der Waals surface area contributed by atoms with Gasteiger partial charge in [-0.3, -0.25) is 9.78 Å². The average Bonchev–Trinajstić information content (AvgIpc) is 2.66. The lowest BCUT2D eigenvalue weighted by atomic mass is 9.96.